The summed E-state index contributed by atoms with van der Waals surface area (Å²) >= 11 is 0. The van der Waals surface area contributed by atoms with E-state index in [1.54, 1.807) is 0 Å². The van der Waals surface area contributed by atoms with Crippen LogP contribution < -0.4 is 5.32 Å². The van der Waals surface area contributed by atoms with Crippen molar-refractivity contribution in [1.29, 1.82) is 0 Å². The fourth-order valence-electron chi connectivity index (χ4n) is 2.93. The Morgan fingerprint density at radius 1 is 1.00 bits per heavy atom. The van der Waals surface area contributed by atoms with Gasteiger partial charge in [0.25, 0.3) is 0 Å². The van der Waals surface area contributed by atoms with Crippen molar-refractivity contribution in [3.8, 4) is 0 Å². The number of aliphatic hydroxyl groups is 1. The second kappa shape index (κ2) is 5.13. The second-order valence-electron chi connectivity index (χ2n) is 5.00. The van der Waals surface area contributed by atoms with Crippen LogP contribution in [0.2, 0.25) is 0 Å². The Balaban J connectivity index is 1.63. The molecule has 1 unspecified atom stereocenters. The van der Waals surface area contributed by atoms with Gasteiger partial charge in [-0.3, -0.25) is 0 Å². The summed E-state index contributed by atoms with van der Waals surface area (Å²) in [5.74, 6) is 0.587. The van der Waals surface area contributed by atoms with E-state index in [2.05, 4.69) is 5.32 Å². The van der Waals surface area contributed by atoms with Crippen LogP contribution in [0.5, 0.6) is 0 Å². The summed E-state index contributed by atoms with van der Waals surface area (Å²) in [5.41, 5.74) is 0. The SMILES string of the molecule is OC(CNC1CCCC1)C1CCCC1. The molecule has 0 bridgehead atoms. The monoisotopic (exact) mass is 197 g/mol. The molecule has 0 saturated heterocycles. The van der Waals surface area contributed by atoms with E-state index in [0.29, 0.717) is 12.0 Å². The summed E-state index contributed by atoms with van der Waals surface area (Å²) in [5, 5.41) is 13.5. The predicted octanol–water partition coefficient (Wildman–Crippen LogP) is 2.07. The average Bonchev–Trinajstić information content (AvgIpc) is 2.87. The van der Waals surface area contributed by atoms with Crippen LogP contribution in [0.4, 0.5) is 0 Å². The highest BCUT2D eigenvalue weighted by atomic mass is 16.3. The molecule has 0 amide bonds. The van der Waals surface area contributed by atoms with Crippen molar-refractivity contribution in [2.24, 2.45) is 5.92 Å². The number of rotatable bonds is 4. The van der Waals surface area contributed by atoms with Gasteiger partial charge >= 0.3 is 0 Å². The van der Waals surface area contributed by atoms with E-state index in [9.17, 15) is 5.11 Å². The minimum Gasteiger partial charge on any atom is -0.392 e. The van der Waals surface area contributed by atoms with Crippen LogP contribution >= 0.6 is 0 Å². The molecule has 82 valence electrons. The topological polar surface area (TPSA) is 32.3 Å². The Bertz CT molecular complexity index is 160. The third-order valence-corrected chi connectivity index (χ3v) is 3.91. The summed E-state index contributed by atoms with van der Waals surface area (Å²) in [4.78, 5) is 0. The maximum atomic E-state index is 9.95. The Morgan fingerprint density at radius 3 is 2.21 bits per heavy atom. The normalized spacial score (nSPS) is 27.2. The predicted molar refractivity (Wildman–Crippen MR) is 58.2 cm³/mol. The Morgan fingerprint density at radius 2 is 1.57 bits per heavy atom. The molecule has 0 aliphatic heterocycles. The molecular weight excluding hydrogens is 174 g/mol. The molecule has 0 aromatic rings. The number of hydrogen-bond donors (Lipinski definition) is 2. The molecule has 2 saturated carbocycles. The van der Waals surface area contributed by atoms with Crippen LogP contribution in [0.25, 0.3) is 0 Å². The molecule has 2 N–H and O–H groups in total. The molecular formula is C12H23NO. The lowest BCUT2D eigenvalue weighted by Gasteiger charge is -2.20. The van der Waals surface area contributed by atoms with Gasteiger partial charge in [-0.05, 0) is 31.6 Å². The van der Waals surface area contributed by atoms with Gasteiger partial charge in [-0.1, -0.05) is 25.7 Å². The van der Waals surface area contributed by atoms with Gasteiger partial charge < -0.3 is 10.4 Å². The van der Waals surface area contributed by atoms with Crippen molar-refractivity contribution < 1.29 is 5.11 Å². The highest BCUT2D eigenvalue weighted by Crippen LogP contribution is 2.27. The van der Waals surface area contributed by atoms with E-state index in [-0.39, 0.29) is 6.10 Å². The minimum absolute atomic E-state index is 0.0851. The third kappa shape index (κ3) is 2.71. The van der Waals surface area contributed by atoms with Crippen LogP contribution in [-0.4, -0.2) is 23.8 Å². The van der Waals surface area contributed by atoms with Crippen LogP contribution in [0, 0.1) is 5.92 Å². The molecule has 14 heavy (non-hydrogen) atoms. The summed E-state index contributed by atoms with van der Waals surface area (Å²) in [7, 11) is 0. The highest BCUT2D eigenvalue weighted by molar-refractivity contribution is 4.79. The quantitative estimate of drug-likeness (QED) is 0.723. The molecule has 2 rings (SSSR count). The van der Waals surface area contributed by atoms with Gasteiger partial charge in [-0.25, -0.2) is 0 Å². The fraction of sp³-hybridized carbons (Fsp3) is 1.00. The maximum Gasteiger partial charge on any atom is 0.0692 e. The van der Waals surface area contributed by atoms with E-state index >= 15 is 0 Å². The van der Waals surface area contributed by atoms with Crippen LogP contribution in [-0.2, 0) is 0 Å². The van der Waals surface area contributed by atoms with Gasteiger partial charge in [0.05, 0.1) is 6.10 Å². The Labute approximate surface area is 87.1 Å². The van der Waals surface area contributed by atoms with Crippen molar-refractivity contribution in [3.05, 3.63) is 0 Å². The fourth-order valence-corrected chi connectivity index (χ4v) is 2.93. The van der Waals surface area contributed by atoms with Gasteiger partial charge in [-0.2, -0.15) is 0 Å². The molecule has 0 radical (unpaired) electrons. The maximum absolute atomic E-state index is 9.95. The summed E-state index contributed by atoms with van der Waals surface area (Å²) in [6, 6.07) is 0.700. The summed E-state index contributed by atoms with van der Waals surface area (Å²) in [6.45, 7) is 0.829. The van der Waals surface area contributed by atoms with Gasteiger partial charge in [0.1, 0.15) is 0 Å². The van der Waals surface area contributed by atoms with E-state index in [0.717, 1.165) is 6.54 Å². The van der Waals surface area contributed by atoms with Gasteiger partial charge in [0, 0.05) is 12.6 Å². The van der Waals surface area contributed by atoms with Gasteiger partial charge in [0.2, 0.25) is 0 Å². The number of hydrogen-bond acceptors (Lipinski definition) is 2. The van der Waals surface area contributed by atoms with Crippen molar-refractivity contribution >= 4 is 0 Å². The molecule has 0 aromatic heterocycles. The Kier molecular flexibility index (Phi) is 3.82. The van der Waals surface area contributed by atoms with E-state index in [1.165, 1.54) is 51.4 Å². The lowest BCUT2D eigenvalue weighted by Crippen LogP contribution is -2.36. The first-order chi connectivity index (χ1) is 6.86. The van der Waals surface area contributed by atoms with Crippen molar-refractivity contribution in [2.45, 2.75) is 63.5 Å². The van der Waals surface area contributed by atoms with Gasteiger partial charge in [-0.15, -0.1) is 0 Å². The first-order valence-electron chi connectivity index (χ1n) is 6.28. The van der Waals surface area contributed by atoms with Crippen LogP contribution in [0.3, 0.4) is 0 Å². The molecule has 1 atom stereocenters. The van der Waals surface area contributed by atoms with Crippen molar-refractivity contribution in [1.82, 2.24) is 5.32 Å². The number of aliphatic hydroxyl groups excluding tert-OH is 1. The smallest absolute Gasteiger partial charge is 0.0692 e. The van der Waals surface area contributed by atoms with E-state index in [1.807, 2.05) is 0 Å². The summed E-state index contributed by atoms with van der Waals surface area (Å²) in [6.07, 6.45) is 10.4. The highest BCUT2D eigenvalue weighted by Gasteiger charge is 2.24. The number of nitrogens with one attached hydrogen (secondary N) is 1. The largest absolute Gasteiger partial charge is 0.392 e. The minimum atomic E-state index is -0.0851. The lowest BCUT2D eigenvalue weighted by atomic mass is 10.0. The first-order valence-corrected chi connectivity index (χ1v) is 6.28. The zero-order valence-corrected chi connectivity index (χ0v) is 9.04. The van der Waals surface area contributed by atoms with Crippen molar-refractivity contribution in [2.75, 3.05) is 6.54 Å². The van der Waals surface area contributed by atoms with Crippen LogP contribution in [0.1, 0.15) is 51.4 Å². The zero-order valence-electron chi connectivity index (χ0n) is 9.04. The zero-order chi connectivity index (χ0) is 9.80. The molecule has 2 heteroatoms. The van der Waals surface area contributed by atoms with Crippen LogP contribution in [0.15, 0.2) is 0 Å². The molecule has 2 aliphatic rings. The Hall–Kier alpha value is -0.0800. The molecule has 0 aromatic carbocycles. The lowest BCUT2D eigenvalue weighted by molar-refractivity contribution is 0.106. The molecule has 2 nitrogen and oxygen atoms in total. The van der Waals surface area contributed by atoms with Crippen molar-refractivity contribution in [3.63, 3.8) is 0 Å². The molecule has 0 heterocycles. The molecule has 2 aliphatic carbocycles. The molecule has 2 fully saturated rings. The standard InChI is InChI=1S/C12H23NO/c14-12(10-5-1-2-6-10)9-13-11-7-3-4-8-11/h10-14H,1-9H2. The van der Waals surface area contributed by atoms with E-state index in [4.69, 9.17) is 0 Å². The first kappa shape index (κ1) is 10.4. The summed E-state index contributed by atoms with van der Waals surface area (Å²) < 4.78 is 0. The second-order valence-corrected chi connectivity index (χ2v) is 5.00. The van der Waals surface area contributed by atoms with Gasteiger partial charge in [0.15, 0.2) is 0 Å². The third-order valence-electron chi connectivity index (χ3n) is 3.91. The molecule has 0 spiro atoms. The van der Waals surface area contributed by atoms with E-state index < -0.39 is 0 Å². The average molecular weight is 197 g/mol.